The predicted molar refractivity (Wildman–Crippen MR) is 68.7 cm³/mol. The van der Waals surface area contributed by atoms with Crippen LogP contribution in [-0.4, -0.2) is 29.6 Å². The van der Waals surface area contributed by atoms with Crippen molar-refractivity contribution in [3.05, 3.63) is 28.7 Å². The number of hydrogen-bond donors (Lipinski definition) is 2. The number of carboxylic acids is 1. The van der Waals surface area contributed by atoms with Gasteiger partial charge in [-0.05, 0) is 12.1 Å². The summed E-state index contributed by atoms with van der Waals surface area (Å²) in [4.78, 5) is 14.9. The van der Waals surface area contributed by atoms with Gasteiger partial charge in [-0.2, -0.15) is 4.98 Å². The SMILES string of the molecule is Cc1nc(CNS(=O)(=O)c2ccc(CC(=O)O)s2)no1. The van der Waals surface area contributed by atoms with E-state index >= 15 is 0 Å². The number of hydrogen-bond acceptors (Lipinski definition) is 7. The molecular formula is C10H11N3O5S2. The zero-order valence-corrected chi connectivity index (χ0v) is 12.0. The van der Waals surface area contributed by atoms with E-state index in [1.807, 2.05) is 0 Å². The molecule has 2 aromatic heterocycles. The predicted octanol–water partition coefficient (Wildman–Crippen LogP) is 0.545. The Kier molecular flexibility index (Phi) is 4.16. The summed E-state index contributed by atoms with van der Waals surface area (Å²) in [5.41, 5.74) is 0. The average molecular weight is 317 g/mol. The van der Waals surface area contributed by atoms with Crippen LogP contribution in [0.2, 0.25) is 0 Å². The smallest absolute Gasteiger partial charge is 0.308 e. The summed E-state index contributed by atoms with van der Waals surface area (Å²) in [6.07, 6.45) is -0.204. The number of aryl methyl sites for hydroxylation is 1. The van der Waals surface area contributed by atoms with Crippen molar-refractivity contribution in [3.8, 4) is 0 Å². The summed E-state index contributed by atoms with van der Waals surface area (Å²) in [7, 11) is -3.71. The van der Waals surface area contributed by atoms with E-state index in [4.69, 9.17) is 9.63 Å². The molecule has 0 atom stereocenters. The molecule has 0 amide bonds. The van der Waals surface area contributed by atoms with Crippen LogP contribution in [0.3, 0.4) is 0 Å². The molecule has 0 unspecified atom stereocenters. The van der Waals surface area contributed by atoms with Crippen LogP contribution < -0.4 is 4.72 Å². The Balaban J connectivity index is 2.06. The Hall–Kier alpha value is -1.78. The minimum absolute atomic E-state index is 0.0500. The molecule has 2 rings (SSSR count). The summed E-state index contributed by atoms with van der Waals surface area (Å²) in [6, 6.07) is 2.85. The summed E-state index contributed by atoms with van der Waals surface area (Å²) in [5.74, 6) is -0.432. The molecule has 0 aliphatic rings. The molecule has 0 radical (unpaired) electrons. The fourth-order valence-electron chi connectivity index (χ4n) is 1.39. The van der Waals surface area contributed by atoms with Gasteiger partial charge in [-0.1, -0.05) is 5.16 Å². The third kappa shape index (κ3) is 3.62. The fraction of sp³-hybridized carbons (Fsp3) is 0.300. The van der Waals surface area contributed by atoms with Crippen molar-refractivity contribution in [2.45, 2.75) is 24.1 Å². The molecule has 2 heterocycles. The molecule has 0 fully saturated rings. The lowest BCUT2D eigenvalue weighted by Gasteiger charge is -2.01. The minimum Gasteiger partial charge on any atom is -0.481 e. The number of carbonyl (C=O) groups is 1. The second-order valence-electron chi connectivity index (χ2n) is 3.85. The van der Waals surface area contributed by atoms with Crippen molar-refractivity contribution in [3.63, 3.8) is 0 Å². The number of carboxylic acid groups (broad SMARTS) is 1. The third-order valence-electron chi connectivity index (χ3n) is 2.22. The summed E-state index contributed by atoms with van der Waals surface area (Å²) in [6.45, 7) is 1.51. The van der Waals surface area contributed by atoms with Crippen LogP contribution in [0.5, 0.6) is 0 Å². The summed E-state index contributed by atoms with van der Waals surface area (Å²) in [5, 5.41) is 12.2. The lowest BCUT2D eigenvalue weighted by molar-refractivity contribution is -0.136. The largest absolute Gasteiger partial charge is 0.481 e. The summed E-state index contributed by atoms with van der Waals surface area (Å²) >= 11 is 0.913. The standard InChI is InChI=1S/C10H11N3O5S2/c1-6-12-8(13-18-6)5-11-20(16,17)10-3-2-7(19-10)4-9(14)15/h2-3,11H,4-5H2,1H3,(H,14,15). The first-order chi connectivity index (χ1) is 9.37. The molecule has 0 spiro atoms. The molecule has 108 valence electrons. The normalized spacial score (nSPS) is 11.7. The van der Waals surface area contributed by atoms with Gasteiger partial charge < -0.3 is 9.63 Å². The Labute approximate surface area is 118 Å². The fourth-order valence-corrected chi connectivity index (χ4v) is 3.76. The highest BCUT2D eigenvalue weighted by Gasteiger charge is 2.18. The summed E-state index contributed by atoms with van der Waals surface area (Å²) < 4.78 is 31.1. The van der Waals surface area contributed by atoms with Crippen LogP contribution in [0.25, 0.3) is 0 Å². The Bertz CT molecular complexity index is 719. The maximum atomic E-state index is 12.0. The molecule has 2 N–H and O–H groups in total. The second-order valence-corrected chi connectivity index (χ2v) is 7.01. The topological polar surface area (TPSA) is 122 Å². The van der Waals surface area contributed by atoms with Crippen molar-refractivity contribution < 1.29 is 22.8 Å². The Morgan fingerprint density at radius 2 is 2.25 bits per heavy atom. The Morgan fingerprint density at radius 3 is 2.85 bits per heavy atom. The van der Waals surface area contributed by atoms with E-state index < -0.39 is 16.0 Å². The number of aliphatic carboxylic acids is 1. The first-order valence-electron chi connectivity index (χ1n) is 5.46. The van der Waals surface area contributed by atoms with Crippen LogP contribution in [0.1, 0.15) is 16.6 Å². The molecule has 0 bridgehead atoms. The van der Waals surface area contributed by atoms with Gasteiger partial charge in [0.1, 0.15) is 4.21 Å². The first kappa shape index (κ1) is 14.6. The van der Waals surface area contributed by atoms with Crippen molar-refractivity contribution in [1.82, 2.24) is 14.9 Å². The molecule has 20 heavy (non-hydrogen) atoms. The number of thiophene rings is 1. The van der Waals surface area contributed by atoms with Gasteiger partial charge in [0.15, 0.2) is 5.82 Å². The Morgan fingerprint density at radius 1 is 1.50 bits per heavy atom. The molecule has 0 aromatic carbocycles. The van der Waals surface area contributed by atoms with Gasteiger partial charge in [-0.3, -0.25) is 4.79 Å². The number of rotatable bonds is 6. The van der Waals surface area contributed by atoms with Gasteiger partial charge in [-0.15, -0.1) is 11.3 Å². The number of nitrogens with zero attached hydrogens (tertiary/aromatic N) is 2. The van der Waals surface area contributed by atoms with E-state index in [9.17, 15) is 13.2 Å². The van der Waals surface area contributed by atoms with Gasteiger partial charge in [0, 0.05) is 11.8 Å². The third-order valence-corrected chi connectivity index (χ3v) is 5.20. The maximum absolute atomic E-state index is 12.0. The molecule has 8 nitrogen and oxygen atoms in total. The van der Waals surface area contributed by atoms with Crippen molar-refractivity contribution in [2.75, 3.05) is 0 Å². The van der Waals surface area contributed by atoms with Crippen molar-refractivity contribution in [1.29, 1.82) is 0 Å². The van der Waals surface area contributed by atoms with E-state index in [-0.39, 0.29) is 23.0 Å². The molecule has 10 heteroatoms. The zero-order chi connectivity index (χ0) is 14.8. The van der Waals surface area contributed by atoms with Crippen molar-refractivity contribution in [2.24, 2.45) is 0 Å². The quantitative estimate of drug-likeness (QED) is 0.797. The lowest BCUT2D eigenvalue weighted by Crippen LogP contribution is -2.23. The zero-order valence-electron chi connectivity index (χ0n) is 10.4. The number of nitrogens with one attached hydrogen (secondary N) is 1. The van der Waals surface area contributed by atoms with Crippen LogP contribution in [0, 0.1) is 6.92 Å². The van der Waals surface area contributed by atoms with E-state index in [1.54, 1.807) is 6.92 Å². The molecule has 0 saturated carbocycles. The van der Waals surface area contributed by atoms with Gasteiger partial charge in [0.2, 0.25) is 15.9 Å². The molecular weight excluding hydrogens is 306 g/mol. The lowest BCUT2D eigenvalue weighted by atomic mass is 10.3. The highest BCUT2D eigenvalue weighted by Crippen LogP contribution is 2.22. The van der Waals surface area contributed by atoms with Crippen LogP contribution in [-0.2, 0) is 27.8 Å². The number of aromatic nitrogens is 2. The van der Waals surface area contributed by atoms with E-state index in [1.165, 1.54) is 12.1 Å². The molecule has 0 aliphatic carbocycles. The van der Waals surface area contributed by atoms with Gasteiger partial charge in [-0.25, -0.2) is 13.1 Å². The highest BCUT2D eigenvalue weighted by atomic mass is 32.2. The second kappa shape index (κ2) is 5.69. The average Bonchev–Trinajstić information content (AvgIpc) is 2.95. The van der Waals surface area contributed by atoms with Crippen LogP contribution in [0.15, 0.2) is 20.9 Å². The van der Waals surface area contributed by atoms with Crippen LogP contribution >= 0.6 is 11.3 Å². The van der Waals surface area contributed by atoms with Gasteiger partial charge >= 0.3 is 5.97 Å². The van der Waals surface area contributed by atoms with E-state index in [0.29, 0.717) is 10.8 Å². The monoisotopic (exact) mass is 317 g/mol. The minimum atomic E-state index is -3.71. The van der Waals surface area contributed by atoms with Crippen LogP contribution in [0.4, 0.5) is 0 Å². The molecule has 2 aromatic rings. The highest BCUT2D eigenvalue weighted by molar-refractivity contribution is 7.91. The number of sulfonamides is 1. The van der Waals surface area contributed by atoms with Crippen molar-refractivity contribution >= 4 is 27.3 Å². The van der Waals surface area contributed by atoms with Gasteiger partial charge in [0.05, 0.1) is 13.0 Å². The maximum Gasteiger partial charge on any atom is 0.308 e. The first-order valence-corrected chi connectivity index (χ1v) is 7.76. The van der Waals surface area contributed by atoms with E-state index in [2.05, 4.69) is 14.9 Å². The molecule has 0 aliphatic heterocycles. The van der Waals surface area contributed by atoms with E-state index in [0.717, 1.165) is 11.3 Å². The molecule has 0 saturated heterocycles. The van der Waals surface area contributed by atoms with Gasteiger partial charge in [0.25, 0.3) is 0 Å².